The number of rotatable bonds is 3. The van der Waals surface area contributed by atoms with E-state index in [1.54, 1.807) is 4.90 Å². The largest absolute Gasteiger partial charge is 0.454 e. The molecule has 3 N–H and O–H groups in total. The number of ether oxygens (including phenoxy) is 2. The molecule has 0 aliphatic carbocycles. The molecule has 0 saturated carbocycles. The molecule has 2 aliphatic rings. The van der Waals surface area contributed by atoms with E-state index < -0.39 is 0 Å². The Morgan fingerprint density at radius 2 is 1.90 bits per heavy atom. The monoisotopic (exact) mass is 293 g/mol. The molecule has 0 unspecified atom stereocenters. The number of carbonyl (C=O) groups excluding carboxylic acids is 1. The Bertz CT molecular complexity index is 527. The molecule has 1 aromatic carbocycles. The molecule has 6 nitrogen and oxygen atoms in total. The van der Waals surface area contributed by atoms with E-state index in [4.69, 9.17) is 9.47 Å². The number of nitrogens with one attached hydrogen (secondary N) is 3. The SMILES string of the molecule is C[C@@H](C(=O)Nc1ccc2c(c1)OCO2)[NH+]1CC[NH+](C)CC1. The summed E-state index contributed by atoms with van der Waals surface area (Å²) in [5.74, 6) is 1.48. The first-order valence-corrected chi connectivity index (χ1v) is 7.50. The number of piperazine rings is 1. The molecule has 0 aromatic heterocycles. The predicted octanol–water partition coefficient (Wildman–Crippen LogP) is -1.84. The van der Waals surface area contributed by atoms with Crippen molar-refractivity contribution in [2.45, 2.75) is 13.0 Å². The lowest BCUT2D eigenvalue weighted by molar-refractivity contribution is -1.01. The summed E-state index contributed by atoms with van der Waals surface area (Å²) in [5.41, 5.74) is 0.759. The predicted molar refractivity (Wildman–Crippen MR) is 78.0 cm³/mol. The van der Waals surface area contributed by atoms with Gasteiger partial charge in [0.25, 0.3) is 5.91 Å². The van der Waals surface area contributed by atoms with E-state index in [1.807, 2.05) is 25.1 Å². The zero-order valence-corrected chi connectivity index (χ0v) is 12.6. The van der Waals surface area contributed by atoms with E-state index in [2.05, 4.69) is 12.4 Å². The summed E-state index contributed by atoms with van der Waals surface area (Å²) >= 11 is 0. The molecule has 0 radical (unpaired) electrons. The Morgan fingerprint density at radius 1 is 1.19 bits per heavy atom. The number of carbonyl (C=O) groups is 1. The quantitative estimate of drug-likeness (QED) is 0.614. The highest BCUT2D eigenvalue weighted by molar-refractivity contribution is 5.93. The fraction of sp³-hybridized carbons (Fsp3) is 0.533. The molecule has 2 aliphatic heterocycles. The summed E-state index contributed by atoms with van der Waals surface area (Å²) in [5, 5.41) is 2.98. The van der Waals surface area contributed by atoms with Gasteiger partial charge in [0.2, 0.25) is 6.79 Å². The summed E-state index contributed by atoms with van der Waals surface area (Å²) in [7, 11) is 2.20. The summed E-state index contributed by atoms with van der Waals surface area (Å²) in [6.45, 7) is 6.58. The highest BCUT2D eigenvalue weighted by Crippen LogP contribution is 2.34. The summed E-state index contributed by atoms with van der Waals surface area (Å²) < 4.78 is 10.6. The van der Waals surface area contributed by atoms with Crippen LogP contribution >= 0.6 is 0 Å². The van der Waals surface area contributed by atoms with Crippen LogP contribution in [0.1, 0.15) is 6.92 Å². The first-order valence-electron chi connectivity index (χ1n) is 7.50. The number of amides is 1. The van der Waals surface area contributed by atoms with Gasteiger partial charge in [0.1, 0.15) is 26.2 Å². The number of likely N-dealkylation sites (N-methyl/N-ethyl adjacent to an activating group) is 1. The van der Waals surface area contributed by atoms with E-state index in [0.29, 0.717) is 5.75 Å². The summed E-state index contributed by atoms with van der Waals surface area (Å²) in [6.07, 6.45) is 0. The van der Waals surface area contributed by atoms with Gasteiger partial charge in [-0.15, -0.1) is 0 Å². The van der Waals surface area contributed by atoms with Gasteiger partial charge >= 0.3 is 0 Å². The Hall–Kier alpha value is -1.79. The van der Waals surface area contributed by atoms with Gasteiger partial charge in [0.15, 0.2) is 17.5 Å². The Labute approximate surface area is 124 Å². The van der Waals surface area contributed by atoms with Gasteiger partial charge in [0.05, 0.1) is 7.05 Å². The number of benzene rings is 1. The van der Waals surface area contributed by atoms with Gasteiger partial charge in [0, 0.05) is 11.8 Å². The maximum Gasteiger partial charge on any atom is 0.282 e. The van der Waals surface area contributed by atoms with Crippen LogP contribution in [0.25, 0.3) is 0 Å². The van der Waals surface area contributed by atoms with Crippen molar-refractivity contribution in [2.75, 3.05) is 45.3 Å². The van der Waals surface area contributed by atoms with Crippen molar-refractivity contribution in [3.8, 4) is 11.5 Å². The van der Waals surface area contributed by atoms with E-state index in [-0.39, 0.29) is 18.7 Å². The maximum atomic E-state index is 12.4. The van der Waals surface area contributed by atoms with Crippen molar-refractivity contribution in [3.05, 3.63) is 18.2 Å². The molecule has 0 bridgehead atoms. The normalized spacial score (nSPS) is 25.4. The number of fused-ring (bicyclic) bond motifs is 1. The molecule has 6 heteroatoms. The average molecular weight is 293 g/mol. The van der Waals surface area contributed by atoms with Crippen LogP contribution in [0.15, 0.2) is 18.2 Å². The van der Waals surface area contributed by atoms with Crippen molar-refractivity contribution in [2.24, 2.45) is 0 Å². The third kappa shape index (κ3) is 3.11. The van der Waals surface area contributed by atoms with Crippen molar-refractivity contribution in [1.29, 1.82) is 0 Å². The second-order valence-corrected chi connectivity index (χ2v) is 5.89. The minimum Gasteiger partial charge on any atom is -0.454 e. The van der Waals surface area contributed by atoms with E-state index in [1.165, 1.54) is 4.90 Å². The van der Waals surface area contributed by atoms with Gasteiger partial charge in [-0.3, -0.25) is 4.79 Å². The maximum absolute atomic E-state index is 12.4. The molecule has 3 rings (SSSR count). The standard InChI is InChI=1S/C15H21N3O3/c1-11(18-7-5-17(2)6-8-18)15(19)16-12-3-4-13-14(9-12)21-10-20-13/h3-4,9,11H,5-8,10H2,1-2H3,(H,16,19)/p+2/t11-/m0/s1. The minimum absolute atomic E-state index is 0.0384. The number of hydrogen-bond donors (Lipinski definition) is 3. The minimum atomic E-state index is -0.0384. The van der Waals surface area contributed by atoms with Crippen molar-refractivity contribution in [3.63, 3.8) is 0 Å². The van der Waals surface area contributed by atoms with E-state index >= 15 is 0 Å². The zero-order valence-electron chi connectivity index (χ0n) is 12.6. The molecule has 2 heterocycles. The third-order valence-electron chi connectivity index (χ3n) is 4.39. The van der Waals surface area contributed by atoms with E-state index in [0.717, 1.165) is 37.6 Å². The smallest absolute Gasteiger partial charge is 0.282 e. The average Bonchev–Trinajstić information content (AvgIpc) is 2.95. The number of quaternary nitrogens is 2. The molecule has 1 fully saturated rings. The Balaban J connectivity index is 1.60. The second-order valence-electron chi connectivity index (χ2n) is 5.89. The van der Waals surface area contributed by atoms with Crippen molar-refractivity contribution >= 4 is 11.6 Å². The van der Waals surface area contributed by atoms with Crippen LogP contribution in [0.4, 0.5) is 5.69 Å². The Kier molecular flexibility index (Phi) is 3.98. The van der Waals surface area contributed by atoms with Gasteiger partial charge in [-0.1, -0.05) is 0 Å². The van der Waals surface area contributed by atoms with Crippen LogP contribution in [0.5, 0.6) is 11.5 Å². The lowest BCUT2D eigenvalue weighted by Gasteiger charge is -2.30. The van der Waals surface area contributed by atoms with Gasteiger partial charge in [-0.2, -0.15) is 0 Å². The van der Waals surface area contributed by atoms with Crippen molar-refractivity contribution < 1.29 is 24.1 Å². The number of hydrogen-bond acceptors (Lipinski definition) is 3. The van der Waals surface area contributed by atoms with Gasteiger partial charge < -0.3 is 24.6 Å². The van der Waals surface area contributed by atoms with Crippen LogP contribution < -0.4 is 24.6 Å². The van der Waals surface area contributed by atoms with Crippen LogP contribution in [0, 0.1) is 0 Å². The molecule has 21 heavy (non-hydrogen) atoms. The fourth-order valence-corrected chi connectivity index (χ4v) is 2.84. The van der Waals surface area contributed by atoms with Crippen LogP contribution in [-0.2, 0) is 4.79 Å². The van der Waals surface area contributed by atoms with Gasteiger partial charge in [-0.05, 0) is 19.1 Å². The second kappa shape index (κ2) is 5.91. The van der Waals surface area contributed by atoms with E-state index in [9.17, 15) is 4.79 Å². The zero-order chi connectivity index (χ0) is 14.8. The molecule has 1 atom stereocenters. The lowest BCUT2D eigenvalue weighted by Crippen LogP contribution is -3.29. The van der Waals surface area contributed by atoms with Crippen LogP contribution in [0.2, 0.25) is 0 Å². The molecule has 1 amide bonds. The lowest BCUT2D eigenvalue weighted by atomic mass is 10.2. The molecular formula is C15H23N3O3+2. The molecule has 114 valence electrons. The molecule has 0 spiro atoms. The third-order valence-corrected chi connectivity index (χ3v) is 4.39. The molecule has 1 saturated heterocycles. The van der Waals surface area contributed by atoms with Crippen molar-refractivity contribution in [1.82, 2.24) is 0 Å². The summed E-state index contributed by atoms with van der Waals surface area (Å²) in [6, 6.07) is 5.45. The summed E-state index contributed by atoms with van der Waals surface area (Å²) in [4.78, 5) is 15.3. The van der Waals surface area contributed by atoms with Crippen LogP contribution in [0.3, 0.4) is 0 Å². The molecular weight excluding hydrogens is 270 g/mol. The topological polar surface area (TPSA) is 56.4 Å². The number of anilines is 1. The fourth-order valence-electron chi connectivity index (χ4n) is 2.84. The van der Waals surface area contributed by atoms with Crippen LogP contribution in [-0.4, -0.2) is 52.0 Å². The highest BCUT2D eigenvalue weighted by atomic mass is 16.7. The van der Waals surface area contributed by atoms with Gasteiger partial charge in [-0.25, -0.2) is 0 Å². The first-order chi connectivity index (χ1) is 10.1. The highest BCUT2D eigenvalue weighted by Gasteiger charge is 2.29. The first kappa shape index (κ1) is 14.2. The Morgan fingerprint density at radius 3 is 2.67 bits per heavy atom. The molecule has 1 aromatic rings.